The molecule has 1 unspecified atom stereocenters. The summed E-state index contributed by atoms with van der Waals surface area (Å²) in [7, 11) is 0. The summed E-state index contributed by atoms with van der Waals surface area (Å²) in [6, 6.07) is 7.86. The van der Waals surface area contributed by atoms with Gasteiger partial charge in [-0.15, -0.1) is 11.3 Å². The number of aromatic nitrogens is 1. The molecule has 1 aromatic carbocycles. The number of hydrogen-bond acceptors (Lipinski definition) is 5. The van der Waals surface area contributed by atoms with Gasteiger partial charge in [0, 0.05) is 19.5 Å². The number of benzene rings is 1. The van der Waals surface area contributed by atoms with E-state index in [0.717, 1.165) is 29.7 Å². The number of carbonyl (C=O) groups excluding carboxylic acids is 2. The Morgan fingerprint density at radius 3 is 2.48 bits per heavy atom. The molecule has 31 heavy (non-hydrogen) atoms. The van der Waals surface area contributed by atoms with Crippen molar-refractivity contribution in [3.8, 4) is 10.4 Å². The second kappa shape index (κ2) is 11.0. The number of likely N-dealkylation sites (tertiary alicyclic amines) is 1. The molecule has 0 spiro atoms. The SMILES string of the molecule is Cc1ncsc1-c1ccc(CNC(=O)C2CCCN2C(=O)CC(C)(C)C)cc1.O=CO. The van der Waals surface area contributed by atoms with Gasteiger partial charge in [0.15, 0.2) is 0 Å². The van der Waals surface area contributed by atoms with Crippen LogP contribution in [0.15, 0.2) is 29.8 Å². The number of amides is 2. The average molecular weight is 446 g/mol. The van der Waals surface area contributed by atoms with Crippen molar-refractivity contribution in [2.24, 2.45) is 5.41 Å². The van der Waals surface area contributed by atoms with Gasteiger partial charge in [0.2, 0.25) is 11.8 Å². The molecule has 1 saturated heterocycles. The zero-order valence-corrected chi connectivity index (χ0v) is 19.4. The van der Waals surface area contributed by atoms with Crippen LogP contribution in [0, 0.1) is 12.3 Å². The van der Waals surface area contributed by atoms with Gasteiger partial charge in [-0.1, -0.05) is 45.0 Å². The molecule has 1 fully saturated rings. The van der Waals surface area contributed by atoms with E-state index in [1.807, 2.05) is 45.3 Å². The Bertz CT molecular complexity index is 887. The van der Waals surface area contributed by atoms with E-state index in [4.69, 9.17) is 9.90 Å². The highest BCUT2D eigenvalue weighted by Gasteiger charge is 2.35. The van der Waals surface area contributed by atoms with Crippen molar-refractivity contribution in [1.29, 1.82) is 0 Å². The summed E-state index contributed by atoms with van der Waals surface area (Å²) in [6.07, 6.45) is 2.09. The van der Waals surface area contributed by atoms with Crippen LogP contribution in [0.3, 0.4) is 0 Å². The summed E-state index contributed by atoms with van der Waals surface area (Å²) in [5.41, 5.74) is 5.01. The molecule has 168 valence electrons. The van der Waals surface area contributed by atoms with Crippen molar-refractivity contribution in [3.05, 3.63) is 41.0 Å². The highest BCUT2D eigenvalue weighted by molar-refractivity contribution is 7.13. The van der Waals surface area contributed by atoms with E-state index in [0.29, 0.717) is 19.5 Å². The van der Waals surface area contributed by atoms with E-state index in [1.54, 1.807) is 16.2 Å². The molecular formula is C23H31N3O4S. The highest BCUT2D eigenvalue weighted by Crippen LogP contribution is 2.27. The summed E-state index contributed by atoms with van der Waals surface area (Å²) in [6.45, 7) is 9.05. The molecule has 2 heterocycles. The first-order chi connectivity index (χ1) is 14.7. The molecule has 0 aliphatic carbocycles. The van der Waals surface area contributed by atoms with Crippen molar-refractivity contribution < 1.29 is 19.5 Å². The maximum absolute atomic E-state index is 12.7. The number of nitrogens with one attached hydrogen (secondary N) is 1. The van der Waals surface area contributed by atoms with Gasteiger partial charge in [0.1, 0.15) is 6.04 Å². The first-order valence-electron chi connectivity index (χ1n) is 10.3. The predicted molar refractivity (Wildman–Crippen MR) is 122 cm³/mol. The van der Waals surface area contributed by atoms with Crippen molar-refractivity contribution in [2.75, 3.05) is 6.54 Å². The van der Waals surface area contributed by atoms with Gasteiger partial charge < -0.3 is 15.3 Å². The van der Waals surface area contributed by atoms with Gasteiger partial charge in [-0.25, -0.2) is 4.98 Å². The Hall–Kier alpha value is -2.74. The fourth-order valence-electron chi connectivity index (χ4n) is 3.55. The van der Waals surface area contributed by atoms with Gasteiger partial charge in [0.25, 0.3) is 6.47 Å². The third-order valence-electron chi connectivity index (χ3n) is 4.99. The first kappa shape index (κ1) is 24.5. The van der Waals surface area contributed by atoms with Crippen molar-refractivity contribution in [3.63, 3.8) is 0 Å². The Labute approximate surface area is 187 Å². The fourth-order valence-corrected chi connectivity index (χ4v) is 4.36. The zero-order chi connectivity index (χ0) is 23.0. The maximum atomic E-state index is 12.7. The fraction of sp³-hybridized carbons (Fsp3) is 0.478. The molecule has 2 N–H and O–H groups in total. The molecule has 1 aromatic heterocycles. The average Bonchev–Trinajstić information content (AvgIpc) is 3.35. The lowest BCUT2D eigenvalue weighted by molar-refractivity contribution is -0.139. The summed E-state index contributed by atoms with van der Waals surface area (Å²) in [4.78, 5) is 40.8. The molecule has 2 aromatic rings. The Balaban J connectivity index is 0.00000107. The van der Waals surface area contributed by atoms with Crippen LogP contribution in [0.25, 0.3) is 10.4 Å². The number of rotatable bonds is 5. The quantitative estimate of drug-likeness (QED) is 0.681. The normalized spacial score (nSPS) is 15.7. The predicted octanol–water partition coefficient (Wildman–Crippen LogP) is 3.86. The summed E-state index contributed by atoms with van der Waals surface area (Å²) < 4.78 is 0. The first-order valence-corrected chi connectivity index (χ1v) is 11.2. The molecule has 1 aliphatic rings. The molecule has 0 bridgehead atoms. The van der Waals surface area contributed by atoms with E-state index < -0.39 is 0 Å². The lowest BCUT2D eigenvalue weighted by Crippen LogP contribution is -2.46. The van der Waals surface area contributed by atoms with Crippen LogP contribution in [0.5, 0.6) is 0 Å². The molecule has 8 heteroatoms. The third-order valence-corrected chi connectivity index (χ3v) is 5.96. The van der Waals surface area contributed by atoms with Crippen molar-refractivity contribution in [2.45, 2.75) is 59.5 Å². The lowest BCUT2D eigenvalue weighted by atomic mass is 9.91. The minimum Gasteiger partial charge on any atom is -0.483 e. The van der Waals surface area contributed by atoms with Gasteiger partial charge >= 0.3 is 0 Å². The molecule has 1 atom stereocenters. The van der Waals surface area contributed by atoms with Crippen LogP contribution in [-0.4, -0.2) is 45.9 Å². The summed E-state index contributed by atoms with van der Waals surface area (Å²) >= 11 is 1.63. The summed E-state index contributed by atoms with van der Waals surface area (Å²) in [5.74, 6) is 0.0246. The number of carbonyl (C=O) groups is 3. The molecule has 3 rings (SSSR count). The Kier molecular flexibility index (Phi) is 8.74. The molecular weight excluding hydrogens is 414 g/mol. The smallest absolute Gasteiger partial charge is 0.290 e. The van der Waals surface area contributed by atoms with E-state index >= 15 is 0 Å². The van der Waals surface area contributed by atoms with E-state index in [-0.39, 0.29) is 29.7 Å². The van der Waals surface area contributed by atoms with Crippen LogP contribution in [0.4, 0.5) is 0 Å². The molecule has 0 saturated carbocycles. The lowest BCUT2D eigenvalue weighted by Gasteiger charge is -2.27. The highest BCUT2D eigenvalue weighted by atomic mass is 32.1. The maximum Gasteiger partial charge on any atom is 0.290 e. The van der Waals surface area contributed by atoms with Crippen LogP contribution in [-0.2, 0) is 20.9 Å². The Morgan fingerprint density at radius 1 is 1.29 bits per heavy atom. The number of hydrogen-bond donors (Lipinski definition) is 2. The second-order valence-electron chi connectivity index (χ2n) is 8.77. The topological polar surface area (TPSA) is 99.6 Å². The van der Waals surface area contributed by atoms with Crippen LogP contribution < -0.4 is 5.32 Å². The number of aryl methyl sites for hydroxylation is 1. The largest absolute Gasteiger partial charge is 0.483 e. The monoisotopic (exact) mass is 445 g/mol. The summed E-state index contributed by atoms with van der Waals surface area (Å²) in [5, 5.41) is 9.90. The van der Waals surface area contributed by atoms with Crippen LogP contribution in [0.1, 0.15) is 51.3 Å². The molecule has 2 amide bonds. The standard InChI is InChI=1S/C22H29N3O2S.CH2O2/c1-15-20(28-14-24-15)17-9-7-16(8-10-17)13-23-21(27)18-6-5-11-25(18)19(26)12-22(2,3)4;2-1-3/h7-10,14,18H,5-6,11-13H2,1-4H3,(H,23,27);1H,(H,2,3). The van der Waals surface area contributed by atoms with Crippen molar-refractivity contribution in [1.82, 2.24) is 15.2 Å². The van der Waals surface area contributed by atoms with E-state index in [9.17, 15) is 9.59 Å². The van der Waals surface area contributed by atoms with Crippen LogP contribution in [0.2, 0.25) is 0 Å². The number of nitrogens with zero attached hydrogens (tertiary/aromatic N) is 2. The van der Waals surface area contributed by atoms with Gasteiger partial charge in [-0.3, -0.25) is 14.4 Å². The van der Waals surface area contributed by atoms with Crippen molar-refractivity contribution >= 4 is 29.6 Å². The molecule has 1 aliphatic heterocycles. The van der Waals surface area contributed by atoms with Gasteiger partial charge in [-0.2, -0.15) is 0 Å². The molecule has 0 radical (unpaired) electrons. The van der Waals surface area contributed by atoms with Gasteiger partial charge in [-0.05, 0) is 36.3 Å². The van der Waals surface area contributed by atoms with E-state index in [1.165, 1.54) is 4.88 Å². The number of carboxylic acid groups (broad SMARTS) is 1. The minimum atomic E-state index is -0.339. The van der Waals surface area contributed by atoms with Crippen LogP contribution >= 0.6 is 11.3 Å². The van der Waals surface area contributed by atoms with Gasteiger partial charge in [0.05, 0.1) is 16.1 Å². The van der Waals surface area contributed by atoms with E-state index in [2.05, 4.69) is 22.4 Å². The Morgan fingerprint density at radius 2 is 1.94 bits per heavy atom. The second-order valence-corrected chi connectivity index (χ2v) is 9.62. The molecule has 7 nitrogen and oxygen atoms in total. The number of thiazole rings is 1. The zero-order valence-electron chi connectivity index (χ0n) is 18.6. The minimum absolute atomic E-state index is 0.0536. The third kappa shape index (κ3) is 7.17.